The standard InChI is InChI=1S/C16H28N2O3/c1-3-8-16(14(19)20)9-5-11-18(16)15(21)17(10-4-2)12-13-6-7-13/h13H,3-12H2,1-2H3,(H,19,20). The molecule has 0 aromatic rings. The lowest BCUT2D eigenvalue weighted by Crippen LogP contribution is -2.57. The molecule has 2 amide bonds. The molecule has 1 saturated heterocycles. The van der Waals surface area contributed by atoms with Crippen LogP contribution in [0, 0.1) is 5.92 Å². The summed E-state index contributed by atoms with van der Waals surface area (Å²) in [6, 6.07) is -0.0582. The minimum atomic E-state index is -0.971. The van der Waals surface area contributed by atoms with Crippen molar-refractivity contribution in [2.24, 2.45) is 5.92 Å². The molecule has 0 aromatic carbocycles. The fourth-order valence-electron chi connectivity index (χ4n) is 3.48. The maximum Gasteiger partial charge on any atom is 0.329 e. The van der Waals surface area contributed by atoms with Crippen molar-refractivity contribution in [3.05, 3.63) is 0 Å². The van der Waals surface area contributed by atoms with Gasteiger partial charge in [0.15, 0.2) is 0 Å². The molecule has 1 saturated carbocycles. The van der Waals surface area contributed by atoms with Crippen molar-refractivity contribution in [2.75, 3.05) is 19.6 Å². The Bertz CT molecular complexity index is 395. The number of likely N-dealkylation sites (tertiary alicyclic amines) is 1. The number of amides is 2. The van der Waals surface area contributed by atoms with E-state index in [0.29, 0.717) is 25.3 Å². The molecule has 5 heteroatoms. The summed E-state index contributed by atoms with van der Waals surface area (Å²) in [5.41, 5.74) is -0.971. The van der Waals surface area contributed by atoms with Crippen LogP contribution in [0.25, 0.3) is 0 Å². The highest BCUT2D eigenvalue weighted by Gasteiger charge is 2.50. The first kappa shape index (κ1) is 16.1. The zero-order chi connectivity index (χ0) is 15.5. The maximum atomic E-state index is 12.9. The van der Waals surface area contributed by atoms with E-state index in [-0.39, 0.29) is 6.03 Å². The number of carboxylic acids is 1. The molecule has 2 fully saturated rings. The van der Waals surface area contributed by atoms with E-state index < -0.39 is 11.5 Å². The van der Waals surface area contributed by atoms with Crippen molar-refractivity contribution >= 4 is 12.0 Å². The Morgan fingerprint density at radius 3 is 2.52 bits per heavy atom. The largest absolute Gasteiger partial charge is 0.479 e. The predicted octanol–water partition coefficient (Wildman–Crippen LogP) is 2.95. The van der Waals surface area contributed by atoms with Crippen LogP contribution in [0.5, 0.6) is 0 Å². The van der Waals surface area contributed by atoms with Gasteiger partial charge in [0.05, 0.1) is 0 Å². The van der Waals surface area contributed by atoms with Gasteiger partial charge in [-0.3, -0.25) is 0 Å². The van der Waals surface area contributed by atoms with Crippen LogP contribution in [0.1, 0.15) is 58.8 Å². The summed E-state index contributed by atoms with van der Waals surface area (Å²) < 4.78 is 0. The average Bonchev–Trinajstić information content (AvgIpc) is 3.16. The third-order valence-electron chi connectivity index (χ3n) is 4.72. The van der Waals surface area contributed by atoms with Gasteiger partial charge in [-0.2, -0.15) is 0 Å². The fourth-order valence-corrected chi connectivity index (χ4v) is 3.48. The normalized spacial score (nSPS) is 25.1. The van der Waals surface area contributed by atoms with E-state index in [2.05, 4.69) is 6.92 Å². The molecule has 0 radical (unpaired) electrons. The molecule has 1 atom stereocenters. The quantitative estimate of drug-likeness (QED) is 0.785. The Morgan fingerprint density at radius 2 is 2.00 bits per heavy atom. The first-order chi connectivity index (χ1) is 10.0. The molecule has 5 nitrogen and oxygen atoms in total. The molecule has 0 bridgehead atoms. The fraction of sp³-hybridized carbons (Fsp3) is 0.875. The lowest BCUT2D eigenvalue weighted by atomic mass is 9.91. The van der Waals surface area contributed by atoms with Crippen LogP contribution in [-0.4, -0.2) is 52.1 Å². The van der Waals surface area contributed by atoms with E-state index in [9.17, 15) is 14.7 Å². The summed E-state index contributed by atoms with van der Waals surface area (Å²) in [7, 11) is 0. The average molecular weight is 296 g/mol. The summed E-state index contributed by atoms with van der Waals surface area (Å²) >= 11 is 0. The molecule has 2 rings (SSSR count). The molecule has 1 aliphatic heterocycles. The highest BCUT2D eigenvalue weighted by molar-refractivity contribution is 5.87. The van der Waals surface area contributed by atoms with Crippen LogP contribution < -0.4 is 0 Å². The monoisotopic (exact) mass is 296 g/mol. The lowest BCUT2D eigenvalue weighted by molar-refractivity contribution is -0.148. The van der Waals surface area contributed by atoms with Gasteiger partial charge in [-0.05, 0) is 44.4 Å². The van der Waals surface area contributed by atoms with Gasteiger partial charge in [0.1, 0.15) is 5.54 Å². The predicted molar refractivity (Wildman–Crippen MR) is 81.2 cm³/mol. The number of carbonyl (C=O) groups is 2. The zero-order valence-corrected chi connectivity index (χ0v) is 13.3. The highest BCUT2D eigenvalue weighted by atomic mass is 16.4. The number of urea groups is 1. The van der Waals surface area contributed by atoms with E-state index >= 15 is 0 Å². The van der Waals surface area contributed by atoms with Crippen molar-refractivity contribution < 1.29 is 14.7 Å². The Morgan fingerprint density at radius 1 is 1.29 bits per heavy atom. The Balaban J connectivity index is 2.15. The van der Waals surface area contributed by atoms with E-state index in [1.807, 2.05) is 11.8 Å². The molecule has 0 spiro atoms. The van der Waals surface area contributed by atoms with Crippen LogP contribution >= 0.6 is 0 Å². The number of carboxylic acid groups (broad SMARTS) is 1. The minimum absolute atomic E-state index is 0.0582. The van der Waals surface area contributed by atoms with E-state index in [0.717, 1.165) is 32.4 Å². The van der Waals surface area contributed by atoms with Crippen molar-refractivity contribution in [3.8, 4) is 0 Å². The van der Waals surface area contributed by atoms with Crippen molar-refractivity contribution in [1.29, 1.82) is 0 Å². The minimum Gasteiger partial charge on any atom is -0.479 e. The van der Waals surface area contributed by atoms with Gasteiger partial charge in [-0.15, -0.1) is 0 Å². The molecule has 1 unspecified atom stereocenters. The number of hydrogen-bond donors (Lipinski definition) is 1. The van der Waals surface area contributed by atoms with Gasteiger partial charge in [0.25, 0.3) is 0 Å². The van der Waals surface area contributed by atoms with Gasteiger partial charge in [-0.25, -0.2) is 9.59 Å². The Labute approximate surface area is 127 Å². The molecule has 0 aromatic heterocycles. The topological polar surface area (TPSA) is 60.9 Å². The molecular formula is C16H28N2O3. The van der Waals surface area contributed by atoms with E-state index in [4.69, 9.17) is 0 Å². The van der Waals surface area contributed by atoms with Crippen LogP contribution in [-0.2, 0) is 4.79 Å². The van der Waals surface area contributed by atoms with Gasteiger partial charge in [-0.1, -0.05) is 20.3 Å². The van der Waals surface area contributed by atoms with E-state index in [1.54, 1.807) is 4.90 Å². The number of carbonyl (C=O) groups excluding carboxylic acids is 1. The second kappa shape index (κ2) is 6.67. The van der Waals surface area contributed by atoms with Gasteiger partial charge in [0, 0.05) is 19.6 Å². The van der Waals surface area contributed by atoms with Gasteiger partial charge < -0.3 is 14.9 Å². The van der Waals surface area contributed by atoms with Gasteiger partial charge in [0.2, 0.25) is 0 Å². The van der Waals surface area contributed by atoms with Crippen molar-refractivity contribution in [3.63, 3.8) is 0 Å². The van der Waals surface area contributed by atoms with Crippen LogP contribution in [0.2, 0.25) is 0 Å². The summed E-state index contributed by atoms with van der Waals surface area (Å²) in [6.07, 6.45) is 6.04. The highest BCUT2D eigenvalue weighted by Crippen LogP contribution is 2.36. The lowest BCUT2D eigenvalue weighted by Gasteiger charge is -2.38. The number of nitrogens with zero attached hydrogens (tertiary/aromatic N) is 2. The number of rotatable bonds is 7. The molecule has 120 valence electrons. The van der Waals surface area contributed by atoms with Crippen LogP contribution in [0.15, 0.2) is 0 Å². The second-order valence-electron chi connectivity index (χ2n) is 6.51. The van der Waals surface area contributed by atoms with Crippen molar-refractivity contribution in [1.82, 2.24) is 9.80 Å². The van der Waals surface area contributed by atoms with Gasteiger partial charge >= 0.3 is 12.0 Å². The van der Waals surface area contributed by atoms with Crippen molar-refractivity contribution in [2.45, 2.75) is 64.3 Å². The molecule has 1 heterocycles. The number of aliphatic carboxylic acids is 1. The first-order valence-electron chi connectivity index (χ1n) is 8.35. The zero-order valence-electron chi connectivity index (χ0n) is 13.3. The first-order valence-corrected chi connectivity index (χ1v) is 8.35. The molecular weight excluding hydrogens is 268 g/mol. The SMILES string of the molecule is CCCN(CC1CC1)C(=O)N1CCCC1(CCC)C(=O)O. The summed E-state index contributed by atoms with van der Waals surface area (Å²) in [5.74, 6) is -0.202. The Hall–Kier alpha value is -1.26. The molecule has 1 aliphatic carbocycles. The third-order valence-corrected chi connectivity index (χ3v) is 4.72. The molecule has 1 N–H and O–H groups in total. The third kappa shape index (κ3) is 3.33. The molecule has 2 aliphatic rings. The summed E-state index contributed by atoms with van der Waals surface area (Å²) in [5, 5.41) is 9.71. The van der Waals surface area contributed by atoms with Crippen LogP contribution in [0.3, 0.4) is 0 Å². The maximum absolute atomic E-state index is 12.9. The van der Waals surface area contributed by atoms with Crippen LogP contribution in [0.4, 0.5) is 4.79 Å². The number of hydrogen-bond acceptors (Lipinski definition) is 2. The van der Waals surface area contributed by atoms with E-state index in [1.165, 1.54) is 12.8 Å². The Kier molecular flexibility index (Phi) is 5.12. The summed E-state index contributed by atoms with van der Waals surface area (Å²) in [4.78, 5) is 28.2. The smallest absolute Gasteiger partial charge is 0.329 e. The molecule has 21 heavy (non-hydrogen) atoms. The second-order valence-corrected chi connectivity index (χ2v) is 6.51. The summed E-state index contributed by atoms with van der Waals surface area (Å²) in [6.45, 7) is 6.15.